The maximum atomic E-state index is 13.3. The molecule has 0 amide bonds. The van der Waals surface area contributed by atoms with Gasteiger partial charge in [0.05, 0.1) is 27.7 Å². The highest BCUT2D eigenvalue weighted by molar-refractivity contribution is 7.98. The number of nitrogens with zero attached hydrogens (tertiary/aromatic N) is 3. The van der Waals surface area contributed by atoms with Gasteiger partial charge in [-0.2, -0.15) is 0 Å². The summed E-state index contributed by atoms with van der Waals surface area (Å²) in [6.07, 6.45) is -4.90. The Morgan fingerprint density at radius 2 is 1.90 bits per heavy atom. The largest absolute Gasteiger partial charge is 0.573 e. The monoisotopic (exact) mass is 612 g/mol. The van der Waals surface area contributed by atoms with Gasteiger partial charge in [-0.15, -0.1) is 13.2 Å². The summed E-state index contributed by atoms with van der Waals surface area (Å²) in [6.45, 7) is 3.61. The first-order chi connectivity index (χ1) is 18.7. The van der Waals surface area contributed by atoms with Crippen molar-refractivity contribution < 1.29 is 27.8 Å². The Morgan fingerprint density at radius 1 is 1.18 bits per heavy atom. The van der Waals surface area contributed by atoms with Gasteiger partial charge in [0.2, 0.25) is 0 Å². The predicted molar refractivity (Wildman–Crippen MR) is 148 cm³/mol. The van der Waals surface area contributed by atoms with Gasteiger partial charge in [0.1, 0.15) is 10.9 Å². The number of carbonyl (C=O) groups is 1. The van der Waals surface area contributed by atoms with Crippen LogP contribution in [-0.2, 0) is 12.8 Å². The molecule has 0 fully saturated rings. The van der Waals surface area contributed by atoms with Crippen molar-refractivity contribution >= 4 is 57.5 Å². The standard InChI is InChI=1S/C26H21Cl2F3N4O4S/c1-12-8-15(13(2)32-18-6-7-20(28)33-22(18)24(37)38)21-16(9-12)23(36)35(3)25(34-21)40-11-14-4-5-17(27)19(10-14)39-26(29,30)31/h4-10,13,32H,11H2,1-3H3,(H,37,38). The summed E-state index contributed by atoms with van der Waals surface area (Å²) in [4.78, 5) is 33.6. The van der Waals surface area contributed by atoms with Crippen LogP contribution in [0.2, 0.25) is 10.2 Å². The number of nitrogens with one attached hydrogen (secondary N) is 1. The van der Waals surface area contributed by atoms with E-state index >= 15 is 0 Å². The van der Waals surface area contributed by atoms with Crippen LogP contribution in [0.5, 0.6) is 5.75 Å². The van der Waals surface area contributed by atoms with Gasteiger partial charge in [0.25, 0.3) is 5.56 Å². The van der Waals surface area contributed by atoms with E-state index in [1.807, 2.05) is 13.0 Å². The fourth-order valence-electron chi connectivity index (χ4n) is 4.01. The van der Waals surface area contributed by atoms with Gasteiger partial charge in [-0.1, -0.05) is 47.1 Å². The van der Waals surface area contributed by atoms with Crippen molar-refractivity contribution in [2.24, 2.45) is 7.05 Å². The lowest BCUT2D eigenvalue weighted by Gasteiger charge is -2.20. The number of carboxylic acids is 1. The number of aromatic carboxylic acids is 1. The SMILES string of the molecule is Cc1cc(C(C)Nc2ccc(Cl)nc2C(=O)O)c2nc(SCc3ccc(Cl)c(OC(F)(F)F)c3)n(C)c(=O)c2c1. The molecule has 0 saturated heterocycles. The van der Waals surface area contributed by atoms with Crippen LogP contribution in [0.25, 0.3) is 10.9 Å². The van der Waals surface area contributed by atoms with Crippen LogP contribution in [0.1, 0.15) is 40.1 Å². The van der Waals surface area contributed by atoms with Gasteiger partial charge >= 0.3 is 12.3 Å². The number of alkyl halides is 3. The number of fused-ring (bicyclic) bond motifs is 1. The third-order valence-corrected chi connectivity index (χ3v) is 7.43. The molecule has 1 atom stereocenters. The van der Waals surface area contributed by atoms with Crippen LogP contribution < -0.4 is 15.6 Å². The van der Waals surface area contributed by atoms with Crippen molar-refractivity contribution in [3.8, 4) is 5.75 Å². The van der Waals surface area contributed by atoms with E-state index in [-0.39, 0.29) is 32.9 Å². The molecule has 0 aliphatic carbocycles. The molecule has 14 heteroatoms. The highest BCUT2D eigenvalue weighted by atomic mass is 35.5. The minimum absolute atomic E-state index is 0.0289. The molecule has 0 radical (unpaired) electrons. The molecule has 1 unspecified atom stereocenters. The maximum absolute atomic E-state index is 13.3. The minimum Gasteiger partial charge on any atom is -0.476 e. The van der Waals surface area contributed by atoms with Crippen molar-refractivity contribution in [3.05, 3.63) is 85.4 Å². The van der Waals surface area contributed by atoms with Crippen molar-refractivity contribution in [2.75, 3.05) is 5.32 Å². The van der Waals surface area contributed by atoms with E-state index in [4.69, 9.17) is 28.2 Å². The van der Waals surface area contributed by atoms with E-state index in [2.05, 4.69) is 15.0 Å². The maximum Gasteiger partial charge on any atom is 0.573 e. The number of benzene rings is 2. The van der Waals surface area contributed by atoms with Gasteiger partial charge in [0, 0.05) is 18.4 Å². The summed E-state index contributed by atoms with van der Waals surface area (Å²) < 4.78 is 43.5. The van der Waals surface area contributed by atoms with Gasteiger partial charge in [-0.25, -0.2) is 14.8 Å². The van der Waals surface area contributed by atoms with Gasteiger partial charge in [-0.05, 0) is 55.3 Å². The van der Waals surface area contributed by atoms with Gasteiger partial charge < -0.3 is 15.2 Å². The summed E-state index contributed by atoms with van der Waals surface area (Å²) in [5, 5.41) is 13.2. The molecule has 2 N–H and O–H groups in total. The van der Waals surface area contributed by atoms with Crippen LogP contribution >= 0.6 is 35.0 Å². The molecule has 4 aromatic rings. The van der Waals surface area contributed by atoms with Crippen LogP contribution in [-0.4, -0.2) is 32.0 Å². The third kappa shape index (κ3) is 6.62. The number of rotatable bonds is 8. The van der Waals surface area contributed by atoms with Crippen molar-refractivity contribution in [1.29, 1.82) is 0 Å². The molecule has 2 aromatic heterocycles. The highest BCUT2D eigenvalue weighted by Gasteiger charge is 2.32. The minimum atomic E-state index is -4.90. The van der Waals surface area contributed by atoms with E-state index in [1.54, 1.807) is 26.1 Å². The lowest BCUT2D eigenvalue weighted by Crippen LogP contribution is -2.22. The molecular weight excluding hydrogens is 592 g/mol. The van der Waals surface area contributed by atoms with E-state index in [1.165, 1.54) is 28.8 Å². The fraction of sp³-hybridized carbons (Fsp3) is 0.231. The van der Waals surface area contributed by atoms with Crippen molar-refractivity contribution in [2.45, 2.75) is 37.2 Å². The zero-order chi connectivity index (χ0) is 29.4. The molecule has 0 aliphatic rings. The second-order valence-electron chi connectivity index (χ2n) is 8.81. The number of carboxylic acid groups (broad SMARTS) is 1. The van der Waals surface area contributed by atoms with Crippen LogP contribution in [0, 0.1) is 6.92 Å². The van der Waals surface area contributed by atoms with E-state index in [9.17, 15) is 27.9 Å². The second kappa shape index (κ2) is 11.6. The lowest BCUT2D eigenvalue weighted by atomic mass is 10.0. The molecule has 0 aliphatic heterocycles. The van der Waals surface area contributed by atoms with E-state index in [0.717, 1.165) is 17.3 Å². The number of aryl methyl sites for hydroxylation is 1. The number of hydrogen-bond acceptors (Lipinski definition) is 7. The fourth-order valence-corrected chi connectivity index (χ4v) is 5.22. The molecule has 4 rings (SSSR count). The zero-order valence-corrected chi connectivity index (χ0v) is 23.5. The molecule has 8 nitrogen and oxygen atoms in total. The molecule has 2 heterocycles. The third-order valence-electron chi connectivity index (χ3n) is 5.80. The first-order valence-corrected chi connectivity index (χ1v) is 13.3. The van der Waals surface area contributed by atoms with Crippen molar-refractivity contribution in [1.82, 2.24) is 14.5 Å². The number of halogens is 5. The molecule has 210 valence electrons. The summed E-state index contributed by atoms with van der Waals surface area (Å²) in [5.74, 6) is -1.62. The molecule has 40 heavy (non-hydrogen) atoms. The molecule has 0 spiro atoms. The average molecular weight is 613 g/mol. The van der Waals surface area contributed by atoms with Gasteiger partial charge in [-0.3, -0.25) is 9.36 Å². The lowest BCUT2D eigenvalue weighted by molar-refractivity contribution is -0.274. The Morgan fingerprint density at radius 3 is 2.58 bits per heavy atom. The number of ether oxygens (including phenoxy) is 1. The van der Waals surface area contributed by atoms with E-state index in [0.29, 0.717) is 27.2 Å². The topological polar surface area (TPSA) is 106 Å². The van der Waals surface area contributed by atoms with Crippen LogP contribution in [0.4, 0.5) is 18.9 Å². The molecule has 0 bridgehead atoms. The average Bonchev–Trinajstić information content (AvgIpc) is 2.87. The molecular formula is C26H21Cl2F3N4O4S. The Kier molecular flexibility index (Phi) is 8.52. The second-order valence-corrected chi connectivity index (χ2v) is 10.5. The summed E-state index contributed by atoms with van der Waals surface area (Å²) in [6, 6.07) is 10.1. The van der Waals surface area contributed by atoms with Crippen molar-refractivity contribution in [3.63, 3.8) is 0 Å². The van der Waals surface area contributed by atoms with E-state index < -0.39 is 24.1 Å². The normalized spacial score (nSPS) is 12.4. The number of hydrogen-bond donors (Lipinski definition) is 2. The Balaban J connectivity index is 1.70. The molecule has 2 aromatic carbocycles. The Labute approximate surface area is 240 Å². The number of pyridine rings is 1. The highest BCUT2D eigenvalue weighted by Crippen LogP contribution is 2.34. The quantitative estimate of drug-likeness (QED) is 0.124. The predicted octanol–water partition coefficient (Wildman–Crippen LogP) is 7.01. The first kappa shape index (κ1) is 29.5. The summed E-state index contributed by atoms with van der Waals surface area (Å²) in [5.41, 5.74) is 1.95. The number of thioether (sulfide) groups is 1. The molecule has 0 saturated carbocycles. The Hall–Kier alpha value is -3.48. The zero-order valence-electron chi connectivity index (χ0n) is 21.1. The summed E-state index contributed by atoms with van der Waals surface area (Å²) >= 11 is 12.9. The summed E-state index contributed by atoms with van der Waals surface area (Å²) in [7, 11) is 1.55. The number of aromatic nitrogens is 3. The van der Waals surface area contributed by atoms with Gasteiger partial charge in [0.15, 0.2) is 10.9 Å². The van der Waals surface area contributed by atoms with Crippen LogP contribution in [0.15, 0.2) is 52.4 Å². The number of anilines is 1. The van der Waals surface area contributed by atoms with Crippen LogP contribution in [0.3, 0.4) is 0 Å². The Bertz CT molecular complexity index is 1680. The smallest absolute Gasteiger partial charge is 0.476 e. The first-order valence-electron chi connectivity index (χ1n) is 11.6.